The van der Waals surface area contributed by atoms with Crippen molar-refractivity contribution in [3.8, 4) is 6.01 Å². The van der Waals surface area contributed by atoms with Crippen molar-refractivity contribution in [2.75, 3.05) is 6.67 Å². The zero-order valence-corrected chi connectivity index (χ0v) is 16.2. The van der Waals surface area contributed by atoms with E-state index in [4.69, 9.17) is 4.42 Å². The molecule has 0 spiro atoms. The van der Waals surface area contributed by atoms with Gasteiger partial charge in [-0.05, 0) is 25.8 Å². The summed E-state index contributed by atoms with van der Waals surface area (Å²) in [5, 5.41) is 6.50. The topological polar surface area (TPSA) is 112 Å². The van der Waals surface area contributed by atoms with Crippen molar-refractivity contribution in [3.63, 3.8) is 0 Å². The predicted octanol–water partition coefficient (Wildman–Crippen LogP) is 2.05. The summed E-state index contributed by atoms with van der Waals surface area (Å²) in [6.45, 7) is 0.172. The van der Waals surface area contributed by atoms with Crippen LogP contribution in [0, 0.1) is 5.82 Å². The molecule has 1 aliphatic carbocycles. The summed E-state index contributed by atoms with van der Waals surface area (Å²) in [4.78, 5) is 12.0. The van der Waals surface area contributed by atoms with Crippen molar-refractivity contribution in [3.05, 3.63) is 34.3 Å². The molecule has 9 nitrogen and oxygen atoms in total. The van der Waals surface area contributed by atoms with Crippen molar-refractivity contribution in [1.82, 2.24) is 24.1 Å². The summed E-state index contributed by atoms with van der Waals surface area (Å²) in [5.74, 6) is -2.23. The van der Waals surface area contributed by atoms with Gasteiger partial charge in [0, 0.05) is 11.6 Å². The fourth-order valence-electron chi connectivity index (χ4n) is 3.02. The first-order chi connectivity index (χ1) is 14.1. The van der Waals surface area contributed by atoms with E-state index in [9.17, 15) is 30.8 Å². The Labute approximate surface area is 166 Å². The highest BCUT2D eigenvalue weighted by atomic mass is 32.2. The van der Waals surface area contributed by atoms with E-state index in [2.05, 4.69) is 14.9 Å². The Morgan fingerprint density at radius 3 is 2.53 bits per heavy atom. The molecule has 162 valence electrons. The second-order valence-corrected chi connectivity index (χ2v) is 8.77. The monoisotopic (exact) mass is 449 g/mol. The van der Waals surface area contributed by atoms with E-state index in [1.54, 1.807) is 6.92 Å². The average molecular weight is 449 g/mol. The maximum absolute atomic E-state index is 14.7. The van der Waals surface area contributed by atoms with E-state index >= 15 is 0 Å². The second kappa shape index (κ2) is 6.91. The van der Waals surface area contributed by atoms with Gasteiger partial charge in [0.25, 0.3) is 5.89 Å². The van der Waals surface area contributed by atoms with Crippen LogP contribution >= 0.6 is 0 Å². The first-order valence-electron chi connectivity index (χ1n) is 8.73. The lowest BCUT2D eigenvalue weighted by molar-refractivity contribution is 0.115. The molecular formula is C16H15F4N5O4S. The Kier molecular flexibility index (Phi) is 4.73. The Hall–Kier alpha value is -2.74. The minimum absolute atomic E-state index is 0.163. The van der Waals surface area contributed by atoms with Crippen LogP contribution in [0.15, 0.2) is 26.2 Å². The third-order valence-electron chi connectivity index (χ3n) is 4.77. The van der Waals surface area contributed by atoms with E-state index in [1.807, 2.05) is 0 Å². The molecule has 0 radical (unpaired) electrons. The van der Waals surface area contributed by atoms with E-state index in [0.29, 0.717) is 17.4 Å². The quantitative estimate of drug-likeness (QED) is 0.553. The van der Waals surface area contributed by atoms with Crippen LogP contribution in [-0.4, -0.2) is 40.0 Å². The minimum atomic E-state index is -4.31. The number of halogens is 4. The number of hydrogen-bond acceptors (Lipinski definition) is 6. The van der Waals surface area contributed by atoms with Crippen molar-refractivity contribution >= 4 is 21.1 Å². The molecule has 1 fully saturated rings. The number of aromatic nitrogens is 4. The Bertz CT molecular complexity index is 1290. The van der Waals surface area contributed by atoms with E-state index in [1.165, 1.54) is 0 Å². The number of imidazole rings is 1. The fraction of sp³-hybridized carbons (Fsp3) is 0.438. The predicted molar refractivity (Wildman–Crippen MR) is 94.2 cm³/mol. The van der Waals surface area contributed by atoms with Crippen LogP contribution in [0.4, 0.5) is 17.6 Å². The third-order valence-corrected chi connectivity index (χ3v) is 6.42. The lowest BCUT2D eigenvalue weighted by atomic mass is 10.3. The highest BCUT2D eigenvalue weighted by molar-refractivity contribution is 7.89. The van der Waals surface area contributed by atoms with Gasteiger partial charge >= 0.3 is 18.1 Å². The zero-order chi connectivity index (χ0) is 21.8. The molecule has 3 aromatic rings. The summed E-state index contributed by atoms with van der Waals surface area (Å²) in [5.41, 5.74) is -2.06. The standard InChI is InChI=1S/C16H15F4N5O4S/c1-16(2-3-16)23-30(27,28)11-7-10-9(6-8(11)18)24(5-4-17)15(26)25(10)14-22-21-13(29-14)12(19)20/h6-7,12,23H,2-5H2,1H3. The van der Waals surface area contributed by atoms with E-state index < -0.39 is 63.5 Å². The number of rotatable bonds is 7. The van der Waals surface area contributed by atoms with Crippen molar-refractivity contribution in [2.24, 2.45) is 0 Å². The molecule has 4 rings (SSSR count). The lowest BCUT2D eigenvalue weighted by Gasteiger charge is -2.13. The molecule has 30 heavy (non-hydrogen) atoms. The number of aryl methyl sites for hydroxylation is 1. The zero-order valence-electron chi connectivity index (χ0n) is 15.4. The number of nitrogens with one attached hydrogen (secondary N) is 1. The van der Waals surface area contributed by atoms with Crippen LogP contribution < -0.4 is 10.4 Å². The molecule has 0 unspecified atom stereocenters. The van der Waals surface area contributed by atoms with Crippen LogP contribution in [0.2, 0.25) is 0 Å². The van der Waals surface area contributed by atoms with Gasteiger partial charge < -0.3 is 4.42 Å². The summed E-state index contributed by atoms with van der Waals surface area (Å²) in [7, 11) is -4.31. The van der Waals surface area contributed by atoms with Gasteiger partial charge in [-0.1, -0.05) is 5.10 Å². The summed E-state index contributed by atoms with van der Waals surface area (Å²) >= 11 is 0. The van der Waals surface area contributed by atoms with Gasteiger partial charge in [0.1, 0.15) is 17.4 Å². The number of benzene rings is 1. The number of sulfonamides is 1. The van der Waals surface area contributed by atoms with Crippen LogP contribution in [0.3, 0.4) is 0 Å². The van der Waals surface area contributed by atoms with Gasteiger partial charge in [0.05, 0.1) is 17.6 Å². The molecular weight excluding hydrogens is 434 g/mol. The summed E-state index contributed by atoms with van der Waals surface area (Å²) < 4.78 is 87.2. The maximum atomic E-state index is 14.7. The Balaban J connectivity index is 1.96. The van der Waals surface area contributed by atoms with Crippen molar-refractivity contribution in [1.29, 1.82) is 0 Å². The summed E-state index contributed by atoms with van der Waals surface area (Å²) in [6, 6.07) is 0.924. The molecule has 0 bridgehead atoms. The molecule has 0 saturated heterocycles. The lowest BCUT2D eigenvalue weighted by Crippen LogP contribution is -2.34. The highest BCUT2D eigenvalue weighted by Gasteiger charge is 2.42. The molecule has 1 N–H and O–H groups in total. The molecule has 1 aromatic carbocycles. The van der Waals surface area contributed by atoms with Crippen molar-refractivity contribution < 1.29 is 30.4 Å². The fourth-order valence-corrected chi connectivity index (χ4v) is 4.56. The van der Waals surface area contributed by atoms with Crippen molar-refractivity contribution in [2.45, 2.75) is 43.2 Å². The Morgan fingerprint density at radius 2 is 1.97 bits per heavy atom. The molecule has 0 amide bonds. The largest absolute Gasteiger partial charge is 0.401 e. The van der Waals surface area contributed by atoms with Gasteiger partial charge in [-0.2, -0.15) is 8.78 Å². The van der Waals surface area contributed by atoms with Gasteiger partial charge in [0.15, 0.2) is 0 Å². The molecule has 0 atom stereocenters. The van der Waals surface area contributed by atoms with E-state index in [-0.39, 0.29) is 11.0 Å². The van der Waals surface area contributed by atoms with Gasteiger partial charge in [-0.15, -0.1) is 5.10 Å². The van der Waals surface area contributed by atoms with Gasteiger partial charge in [0.2, 0.25) is 10.0 Å². The molecule has 2 aromatic heterocycles. The van der Waals surface area contributed by atoms with Gasteiger partial charge in [-0.3, -0.25) is 4.57 Å². The normalized spacial score (nSPS) is 15.9. The van der Waals surface area contributed by atoms with Crippen LogP contribution in [-0.2, 0) is 16.6 Å². The first-order valence-corrected chi connectivity index (χ1v) is 10.2. The highest BCUT2D eigenvalue weighted by Crippen LogP contribution is 2.36. The van der Waals surface area contributed by atoms with Crippen LogP contribution in [0.1, 0.15) is 32.1 Å². The first kappa shape index (κ1) is 20.5. The minimum Gasteiger partial charge on any atom is -0.401 e. The molecule has 1 saturated carbocycles. The molecule has 0 aliphatic heterocycles. The summed E-state index contributed by atoms with van der Waals surface area (Å²) in [6.07, 6.45) is -1.96. The van der Waals surface area contributed by atoms with Crippen LogP contribution in [0.5, 0.6) is 0 Å². The van der Waals surface area contributed by atoms with Crippen LogP contribution in [0.25, 0.3) is 17.0 Å². The average Bonchev–Trinajstić information content (AvgIpc) is 3.08. The van der Waals surface area contributed by atoms with Gasteiger partial charge in [-0.25, -0.2) is 31.3 Å². The molecule has 14 heteroatoms. The SMILES string of the molecule is CC1(NS(=O)(=O)c2cc3c(cc2F)n(CCF)c(=O)n3-c2nnc(C(F)F)o2)CC1. The third kappa shape index (κ3) is 3.39. The Morgan fingerprint density at radius 1 is 1.27 bits per heavy atom. The number of fused-ring (bicyclic) bond motifs is 1. The molecule has 1 aliphatic rings. The van der Waals surface area contributed by atoms with E-state index in [0.717, 1.165) is 16.7 Å². The second-order valence-electron chi connectivity index (χ2n) is 7.12. The maximum Gasteiger partial charge on any atom is 0.337 e. The number of nitrogens with zero attached hydrogens (tertiary/aromatic N) is 4. The number of hydrogen-bond donors (Lipinski definition) is 1. The number of alkyl halides is 3. The smallest absolute Gasteiger partial charge is 0.337 e. The molecule has 2 heterocycles.